The van der Waals surface area contributed by atoms with E-state index in [-0.39, 0.29) is 5.97 Å². The van der Waals surface area contributed by atoms with Gasteiger partial charge in [-0.25, -0.2) is 4.79 Å². The van der Waals surface area contributed by atoms with Crippen LogP contribution in [0.5, 0.6) is 11.5 Å². The van der Waals surface area contributed by atoms with Gasteiger partial charge in [0.15, 0.2) is 0 Å². The summed E-state index contributed by atoms with van der Waals surface area (Å²) in [5.41, 5.74) is 0.732. The Labute approximate surface area is 101 Å². The first-order valence-corrected chi connectivity index (χ1v) is 5.14. The number of hydrogen-bond donors (Lipinski definition) is 1. The summed E-state index contributed by atoms with van der Waals surface area (Å²) in [6, 6.07) is 4.73. The SMILES string of the molecule is CNC(C(=O)OC)c1cc(OC)cc(OC)c1. The number of carbonyl (C=O) groups is 1. The molecule has 0 saturated carbocycles. The number of likely N-dealkylation sites (N-methyl/N-ethyl adjacent to an activating group) is 1. The second kappa shape index (κ2) is 6.10. The molecule has 0 amide bonds. The first-order valence-electron chi connectivity index (χ1n) is 5.14. The van der Waals surface area contributed by atoms with Gasteiger partial charge in [-0.2, -0.15) is 0 Å². The Kier molecular flexibility index (Phi) is 4.78. The molecular formula is C12H17NO4. The molecule has 0 aromatic heterocycles. The van der Waals surface area contributed by atoms with Gasteiger partial charge in [-0.1, -0.05) is 0 Å². The van der Waals surface area contributed by atoms with Crippen molar-refractivity contribution in [1.82, 2.24) is 5.32 Å². The number of hydrogen-bond acceptors (Lipinski definition) is 5. The molecule has 17 heavy (non-hydrogen) atoms. The predicted molar refractivity (Wildman–Crippen MR) is 63.4 cm³/mol. The number of methoxy groups -OCH3 is 3. The average Bonchev–Trinajstić information content (AvgIpc) is 2.38. The van der Waals surface area contributed by atoms with Crippen LogP contribution < -0.4 is 14.8 Å². The third kappa shape index (κ3) is 3.10. The van der Waals surface area contributed by atoms with Crippen LogP contribution in [0.1, 0.15) is 11.6 Å². The molecule has 1 aromatic carbocycles. The molecule has 1 N–H and O–H groups in total. The van der Waals surface area contributed by atoms with Crippen molar-refractivity contribution in [3.63, 3.8) is 0 Å². The molecule has 0 saturated heterocycles. The molecule has 0 aliphatic rings. The van der Waals surface area contributed by atoms with Crippen LogP contribution in [0.25, 0.3) is 0 Å². The van der Waals surface area contributed by atoms with Gasteiger partial charge in [0.2, 0.25) is 0 Å². The van der Waals surface area contributed by atoms with Crippen molar-refractivity contribution < 1.29 is 19.0 Å². The highest BCUT2D eigenvalue weighted by Crippen LogP contribution is 2.26. The van der Waals surface area contributed by atoms with Gasteiger partial charge < -0.3 is 19.5 Å². The number of benzene rings is 1. The first-order chi connectivity index (χ1) is 8.15. The van der Waals surface area contributed by atoms with E-state index in [4.69, 9.17) is 14.2 Å². The Morgan fingerprint density at radius 2 is 1.65 bits per heavy atom. The summed E-state index contributed by atoms with van der Waals surface area (Å²) in [5, 5.41) is 2.89. The summed E-state index contributed by atoms with van der Waals surface area (Å²) in [6.45, 7) is 0. The van der Waals surface area contributed by atoms with Crippen molar-refractivity contribution in [2.75, 3.05) is 28.4 Å². The van der Waals surface area contributed by atoms with E-state index in [2.05, 4.69) is 5.32 Å². The maximum Gasteiger partial charge on any atom is 0.327 e. The van der Waals surface area contributed by atoms with Crippen molar-refractivity contribution in [3.8, 4) is 11.5 Å². The molecule has 0 spiro atoms. The number of ether oxygens (including phenoxy) is 3. The smallest absolute Gasteiger partial charge is 0.327 e. The Hall–Kier alpha value is -1.75. The quantitative estimate of drug-likeness (QED) is 0.781. The van der Waals surface area contributed by atoms with E-state index < -0.39 is 6.04 Å². The monoisotopic (exact) mass is 239 g/mol. The van der Waals surface area contributed by atoms with E-state index in [0.29, 0.717) is 11.5 Å². The lowest BCUT2D eigenvalue weighted by atomic mass is 10.1. The minimum Gasteiger partial charge on any atom is -0.497 e. The Morgan fingerprint density at radius 1 is 1.12 bits per heavy atom. The third-order valence-corrected chi connectivity index (χ3v) is 2.43. The van der Waals surface area contributed by atoms with Crippen molar-refractivity contribution in [3.05, 3.63) is 23.8 Å². The van der Waals surface area contributed by atoms with Gasteiger partial charge in [0.05, 0.1) is 21.3 Å². The van der Waals surface area contributed by atoms with Crippen LogP contribution >= 0.6 is 0 Å². The van der Waals surface area contributed by atoms with Crippen LogP contribution in [0.3, 0.4) is 0 Å². The van der Waals surface area contributed by atoms with E-state index in [1.807, 2.05) is 0 Å². The molecule has 94 valence electrons. The first kappa shape index (κ1) is 13.3. The maximum atomic E-state index is 11.6. The van der Waals surface area contributed by atoms with E-state index >= 15 is 0 Å². The minimum absolute atomic E-state index is 0.359. The number of nitrogens with one attached hydrogen (secondary N) is 1. The van der Waals surface area contributed by atoms with Crippen LogP contribution in [0.15, 0.2) is 18.2 Å². The van der Waals surface area contributed by atoms with E-state index in [1.165, 1.54) is 7.11 Å². The number of rotatable bonds is 5. The van der Waals surface area contributed by atoms with Crippen molar-refractivity contribution in [1.29, 1.82) is 0 Å². The highest BCUT2D eigenvalue weighted by atomic mass is 16.5. The summed E-state index contributed by atoms with van der Waals surface area (Å²) in [5.74, 6) is 0.898. The van der Waals surface area contributed by atoms with Crippen LogP contribution in [0, 0.1) is 0 Å². The molecule has 0 heterocycles. The molecule has 1 aromatic rings. The van der Waals surface area contributed by atoms with Gasteiger partial charge in [0.25, 0.3) is 0 Å². The molecule has 0 aliphatic carbocycles. The second-order valence-electron chi connectivity index (χ2n) is 3.39. The van der Waals surface area contributed by atoms with Gasteiger partial charge in [0, 0.05) is 6.07 Å². The molecule has 5 nitrogen and oxygen atoms in total. The van der Waals surface area contributed by atoms with Crippen LogP contribution in [0.4, 0.5) is 0 Å². The fraction of sp³-hybridized carbons (Fsp3) is 0.417. The lowest BCUT2D eigenvalue weighted by Gasteiger charge is -2.16. The fourth-order valence-corrected chi connectivity index (χ4v) is 1.53. The number of carbonyl (C=O) groups excluding carboxylic acids is 1. The molecule has 0 aliphatic heterocycles. The highest BCUT2D eigenvalue weighted by Gasteiger charge is 2.20. The summed E-state index contributed by atoms with van der Waals surface area (Å²) in [7, 11) is 6.16. The van der Waals surface area contributed by atoms with Crippen molar-refractivity contribution >= 4 is 5.97 Å². The van der Waals surface area contributed by atoms with Crippen LogP contribution in [-0.4, -0.2) is 34.3 Å². The lowest BCUT2D eigenvalue weighted by molar-refractivity contribution is -0.143. The Morgan fingerprint density at radius 3 is 2.00 bits per heavy atom. The van der Waals surface area contributed by atoms with E-state index in [1.54, 1.807) is 39.5 Å². The van der Waals surface area contributed by atoms with Crippen LogP contribution in [-0.2, 0) is 9.53 Å². The lowest BCUT2D eigenvalue weighted by Crippen LogP contribution is -2.26. The zero-order valence-electron chi connectivity index (χ0n) is 10.4. The summed E-state index contributed by atoms with van der Waals surface area (Å²) in [4.78, 5) is 11.6. The summed E-state index contributed by atoms with van der Waals surface area (Å²) in [6.07, 6.45) is 0. The standard InChI is InChI=1S/C12H17NO4/c1-13-11(12(14)17-4)8-5-9(15-2)7-10(6-8)16-3/h5-7,11,13H,1-4H3. The maximum absolute atomic E-state index is 11.6. The number of esters is 1. The zero-order chi connectivity index (χ0) is 12.8. The van der Waals surface area contributed by atoms with Gasteiger partial charge in [0.1, 0.15) is 17.5 Å². The average molecular weight is 239 g/mol. The van der Waals surface area contributed by atoms with Gasteiger partial charge >= 0.3 is 5.97 Å². The summed E-state index contributed by atoms with van der Waals surface area (Å²) < 4.78 is 15.0. The topological polar surface area (TPSA) is 56.8 Å². The van der Waals surface area contributed by atoms with E-state index in [0.717, 1.165) is 5.56 Å². The van der Waals surface area contributed by atoms with E-state index in [9.17, 15) is 4.79 Å². The van der Waals surface area contributed by atoms with Gasteiger partial charge in [-0.05, 0) is 24.7 Å². The molecule has 5 heteroatoms. The Bertz CT molecular complexity index is 370. The summed E-state index contributed by atoms with van der Waals surface area (Å²) >= 11 is 0. The van der Waals surface area contributed by atoms with Crippen LogP contribution in [0.2, 0.25) is 0 Å². The molecular weight excluding hydrogens is 222 g/mol. The third-order valence-electron chi connectivity index (χ3n) is 2.43. The minimum atomic E-state index is -0.538. The normalized spacial score (nSPS) is 11.8. The van der Waals surface area contributed by atoms with Gasteiger partial charge in [-0.3, -0.25) is 0 Å². The molecule has 1 rings (SSSR count). The highest BCUT2D eigenvalue weighted by molar-refractivity contribution is 5.77. The largest absolute Gasteiger partial charge is 0.497 e. The molecule has 1 atom stereocenters. The molecule has 0 bridgehead atoms. The van der Waals surface area contributed by atoms with Crippen molar-refractivity contribution in [2.24, 2.45) is 0 Å². The molecule has 1 unspecified atom stereocenters. The predicted octanol–water partition coefficient (Wildman–Crippen LogP) is 1.14. The van der Waals surface area contributed by atoms with Crippen molar-refractivity contribution in [2.45, 2.75) is 6.04 Å². The Balaban J connectivity index is 3.13. The zero-order valence-corrected chi connectivity index (χ0v) is 10.4. The fourth-order valence-electron chi connectivity index (χ4n) is 1.53. The second-order valence-corrected chi connectivity index (χ2v) is 3.39. The van der Waals surface area contributed by atoms with Gasteiger partial charge in [-0.15, -0.1) is 0 Å². The molecule has 0 radical (unpaired) electrons. The molecule has 0 fully saturated rings.